The van der Waals surface area contributed by atoms with E-state index in [1.54, 1.807) is 19.9 Å². The second kappa shape index (κ2) is 4.98. The Kier molecular flexibility index (Phi) is 3.21. The van der Waals surface area contributed by atoms with Crippen LogP contribution in [-0.4, -0.2) is 25.5 Å². The minimum Gasteiger partial charge on any atom is -0.508 e. The van der Waals surface area contributed by atoms with Crippen molar-refractivity contribution in [2.24, 2.45) is 0 Å². The first-order chi connectivity index (χ1) is 10.8. The molecule has 0 saturated carbocycles. The molecule has 0 aromatic heterocycles. The molecule has 0 atom stereocenters. The van der Waals surface area contributed by atoms with E-state index in [9.17, 15) is 25.5 Å². The third kappa shape index (κ3) is 2.17. The fraction of sp³-hybridized carbons (Fsp3) is 0.111. The minimum atomic E-state index is -0.208. The summed E-state index contributed by atoms with van der Waals surface area (Å²) in [6.45, 7) is 3.13. The highest BCUT2D eigenvalue weighted by atomic mass is 16.3. The lowest BCUT2D eigenvalue weighted by Crippen LogP contribution is -1.87. The van der Waals surface area contributed by atoms with Crippen LogP contribution in [0.25, 0.3) is 21.9 Å². The summed E-state index contributed by atoms with van der Waals surface area (Å²) in [5.74, 6) is -0.573. The lowest BCUT2D eigenvalue weighted by atomic mass is 9.94. The predicted octanol–water partition coefficient (Wildman–Crippen LogP) is 3.65. The van der Waals surface area contributed by atoms with Crippen molar-refractivity contribution in [3.8, 4) is 39.9 Å². The molecule has 0 unspecified atom stereocenters. The van der Waals surface area contributed by atoms with Gasteiger partial charge >= 0.3 is 0 Å². The van der Waals surface area contributed by atoms with E-state index in [0.717, 1.165) is 0 Å². The lowest BCUT2D eigenvalue weighted by Gasteiger charge is -2.14. The molecule has 3 aromatic rings. The summed E-state index contributed by atoms with van der Waals surface area (Å²) in [6.07, 6.45) is 0. The molecule has 3 aromatic carbocycles. The molecule has 0 amide bonds. The largest absolute Gasteiger partial charge is 0.508 e. The van der Waals surface area contributed by atoms with Gasteiger partial charge in [0.15, 0.2) is 0 Å². The molecular weight excluding hydrogens is 296 g/mol. The van der Waals surface area contributed by atoms with E-state index >= 15 is 0 Å². The average molecular weight is 312 g/mol. The van der Waals surface area contributed by atoms with Gasteiger partial charge in [0, 0.05) is 16.5 Å². The van der Waals surface area contributed by atoms with Gasteiger partial charge < -0.3 is 25.5 Å². The third-order valence-electron chi connectivity index (χ3n) is 4.14. The van der Waals surface area contributed by atoms with Crippen LogP contribution in [0.15, 0.2) is 30.3 Å². The zero-order valence-electron chi connectivity index (χ0n) is 12.6. The smallest absolute Gasteiger partial charge is 0.133 e. The Morgan fingerprint density at radius 2 is 1.22 bits per heavy atom. The highest BCUT2D eigenvalue weighted by Gasteiger charge is 2.17. The number of fused-ring (bicyclic) bond motifs is 1. The van der Waals surface area contributed by atoms with Crippen LogP contribution in [0, 0.1) is 13.8 Å². The Morgan fingerprint density at radius 1 is 0.652 bits per heavy atom. The van der Waals surface area contributed by atoms with Gasteiger partial charge in [-0.1, -0.05) is 6.07 Å². The number of aromatic hydroxyl groups is 5. The first-order valence-electron chi connectivity index (χ1n) is 7.01. The Morgan fingerprint density at radius 3 is 1.83 bits per heavy atom. The van der Waals surface area contributed by atoms with Gasteiger partial charge in [-0.15, -0.1) is 0 Å². The molecule has 0 saturated heterocycles. The Bertz CT molecular complexity index is 921. The van der Waals surface area contributed by atoms with Gasteiger partial charge in [0.25, 0.3) is 0 Å². The second-order valence-electron chi connectivity index (χ2n) is 5.56. The molecule has 0 spiro atoms. The van der Waals surface area contributed by atoms with Crippen LogP contribution in [0.3, 0.4) is 0 Å². The Balaban J connectivity index is 2.42. The second-order valence-corrected chi connectivity index (χ2v) is 5.56. The van der Waals surface area contributed by atoms with E-state index in [2.05, 4.69) is 0 Å². The summed E-state index contributed by atoms with van der Waals surface area (Å²) in [7, 11) is 0. The molecule has 0 aliphatic rings. The van der Waals surface area contributed by atoms with E-state index in [-0.39, 0.29) is 39.7 Å². The van der Waals surface area contributed by atoms with Crippen molar-refractivity contribution in [3.05, 3.63) is 41.5 Å². The molecule has 5 N–H and O–H groups in total. The maximum atomic E-state index is 10.2. The minimum absolute atomic E-state index is 0.0678. The Labute approximate surface area is 132 Å². The molecule has 0 fully saturated rings. The van der Waals surface area contributed by atoms with Crippen LogP contribution in [0.2, 0.25) is 0 Å². The molecule has 5 heteroatoms. The molecule has 118 valence electrons. The summed E-state index contributed by atoms with van der Waals surface area (Å²) < 4.78 is 0. The lowest BCUT2D eigenvalue weighted by molar-refractivity contribution is 0.442. The summed E-state index contributed by atoms with van der Waals surface area (Å²) >= 11 is 0. The van der Waals surface area contributed by atoms with Gasteiger partial charge in [-0.3, -0.25) is 0 Å². The van der Waals surface area contributed by atoms with Crippen LogP contribution in [0.5, 0.6) is 28.7 Å². The third-order valence-corrected chi connectivity index (χ3v) is 4.14. The zero-order valence-corrected chi connectivity index (χ0v) is 12.6. The standard InChI is InChI=1S/C18H16O5/c1-8-14(20)5-10(6-15(8)21)11-3-4-13(19)17-12(11)7-16(22)9(2)18(17)23/h3-7,19-23H,1-2H3. The normalized spacial score (nSPS) is 11.0. The molecule has 0 radical (unpaired) electrons. The number of hydrogen-bond acceptors (Lipinski definition) is 5. The maximum absolute atomic E-state index is 10.2. The number of phenolic OH excluding ortho intramolecular Hbond substituents is 5. The SMILES string of the molecule is Cc1c(O)cc(-c2ccc(O)c3c(O)c(C)c(O)cc23)cc1O. The number of phenols is 5. The summed E-state index contributed by atoms with van der Waals surface area (Å²) in [5.41, 5.74) is 1.67. The molecule has 5 nitrogen and oxygen atoms in total. The molecule has 23 heavy (non-hydrogen) atoms. The van der Waals surface area contributed by atoms with Crippen molar-refractivity contribution in [2.75, 3.05) is 0 Å². The highest BCUT2D eigenvalue weighted by Crippen LogP contribution is 2.45. The van der Waals surface area contributed by atoms with Gasteiger partial charge in [0.1, 0.15) is 28.7 Å². The summed E-state index contributed by atoms with van der Waals surface area (Å²) in [6, 6.07) is 7.41. The summed E-state index contributed by atoms with van der Waals surface area (Å²) in [5, 5.41) is 50.7. The van der Waals surface area contributed by atoms with Crippen LogP contribution in [-0.2, 0) is 0 Å². The molecule has 3 rings (SSSR count). The van der Waals surface area contributed by atoms with Crippen LogP contribution in [0.1, 0.15) is 11.1 Å². The van der Waals surface area contributed by atoms with Crippen molar-refractivity contribution in [1.29, 1.82) is 0 Å². The maximum Gasteiger partial charge on any atom is 0.133 e. The van der Waals surface area contributed by atoms with Crippen molar-refractivity contribution in [2.45, 2.75) is 13.8 Å². The molecule has 0 aliphatic heterocycles. The number of rotatable bonds is 1. The fourth-order valence-corrected chi connectivity index (χ4v) is 2.65. The first-order valence-corrected chi connectivity index (χ1v) is 7.01. The zero-order chi connectivity index (χ0) is 16.9. The Hall–Kier alpha value is -3.08. The topological polar surface area (TPSA) is 101 Å². The monoisotopic (exact) mass is 312 g/mol. The van der Waals surface area contributed by atoms with E-state index in [0.29, 0.717) is 22.1 Å². The van der Waals surface area contributed by atoms with Crippen molar-refractivity contribution in [3.63, 3.8) is 0 Å². The van der Waals surface area contributed by atoms with Crippen LogP contribution >= 0.6 is 0 Å². The van der Waals surface area contributed by atoms with Crippen molar-refractivity contribution in [1.82, 2.24) is 0 Å². The summed E-state index contributed by atoms with van der Waals surface area (Å²) in [4.78, 5) is 0. The van der Waals surface area contributed by atoms with Crippen LogP contribution < -0.4 is 0 Å². The van der Waals surface area contributed by atoms with Gasteiger partial charge in [0.05, 0.1) is 5.39 Å². The van der Waals surface area contributed by atoms with Gasteiger partial charge in [-0.25, -0.2) is 0 Å². The molecule has 0 bridgehead atoms. The molecular formula is C18H16O5. The highest BCUT2D eigenvalue weighted by molar-refractivity contribution is 6.05. The van der Waals surface area contributed by atoms with Gasteiger partial charge in [-0.2, -0.15) is 0 Å². The van der Waals surface area contributed by atoms with E-state index in [4.69, 9.17) is 0 Å². The van der Waals surface area contributed by atoms with Gasteiger partial charge in [-0.05, 0) is 49.2 Å². The first kappa shape index (κ1) is 14.8. The number of benzene rings is 3. The van der Waals surface area contributed by atoms with E-state index in [1.165, 1.54) is 24.3 Å². The van der Waals surface area contributed by atoms with Crippen molar-refractivity contribution >= 4 is 10.8 Å². The fourth-order valence-electron chi connectivity index (χ4n) is 2.65. The average Bonchev–Trinajstić information content (AvgIpc) is 2.50. The van der Waals surface area contributed by atoms with E-state index < -0.39 is 0 Å². The molecule has 0 heterocycles. The van der Waals surface area contributed by atoms with Crippen molar-refractivity contribution < 1.29 is 25.5 Å². The van der Waals surface area contributed by atoms with Crippen LogP contribution in [0.4, 0.5) is 0 Å². The quantitative estimate of drug-likeness (QED) is 0.472. The van der Waals surface area contributed by atoms with Gasteiger partial charge in [0.2, 0.25) is 0 Å². The predicted molar refractivity (Wildman–Crippen MR) is 87.2 cm³/mol. The van der Waals surface area contributed by atoms with E-state index in [1.807, 2.05) is 0 Å². The molecule has 0 aliphatic carbocycles. The number of hydrogen-bond donors (Lipinski definition) is 5.